The van der Waals surface area contributed by atoms with Crippen LogP contribution in [0.2, 0.25) is 0 Å². The van der Waals surface area contributed by atoms with Gasteiger partial charge in [0, 0.05) is 5.69 Å². The maximum atomic E-state index is 13.2. The maximum Gasteiger partial charge on any atom is 0.235 e. The summed E-state index contributed by atoms with van der Waals surface area (Å²) in [5.74, 6) is 2.31. The number of hydrogen-bond acceptors (Lipinski definition) is 4. The van der Waals surface area contributed by atoms with Gasteiger partial charge in [0.05, 0.1) is 12.0 Å². The van der Waals surface area contributed by atoms with Gasteiger partial charge in [-0.15, -0.1) is 0 Å². The van der Waals surface area contributed by atoms with E-state index in [4.69, 9.17) is 14.2 Å². The zero-order valence-electron chi connectivity index (χ0n) is 14.9. The molecule has 0 aromatic heterocycles. The van der Waals surface area contributed by atoms with Gasteiger partial charge < -0.3 is 19.5 Å². The lowest BCUT2D eigenvalue weighted by Crippen LogP contribution is -2.38. The summed E-state index contributed by atoms with van der Waals surface area (Å²) >= 11 is 0. The number of anilines is 1. The molecule has 0 atom stereocenters. The molecule has 5 heteroatoms. The smallest absolute Gasteiger partial charge is 0.235 e. The van der Waals surface area contributed by atoms with Crippen LogP contribution in [-0.4, -0.2) is 19.3 Å². The van der Waals surface area contributed by atoms with E-state index in [9.17, 15) is 4.79 Å². The van der Waals surface area contributed by atoms with Crippen molar-refractivity contribution in [3.05, 3.63) is 48.0 Å². The largest absolute Gasteiger partial charge is 0.494 e. The Labute approximate surface area is 153 Å². The molecular formula is C21H23NO4. The van der Waals surface area contributed by atoms with E-state index in [-0.39, 0.29) is 12.7 Å². The summed E-state index contributed by atoms with van der Waals surface area (Å²) in [5.41, 5.74) is 1.27. The van der Waals surface area contributed by atoms with E-state index in [0.29, 0.717) is 6.61 Å². The van der Waals surface area contributed by atoms with Gasteiger partial charge in [-0.05, 0) is 61.7 Å². The Morgan fingerprint density at radius 1 is 1.08 bits per heavy atom. The number of fused-ring (bicyclic) bond motifs is 1. The first-order valence-electron chi connectivity index (χ1n) is 9.16. The Hall–Kier alpha value is -2.69. The second kappa shape index (κ2) is 6.90. The van der Waals surface area contributed by atoms with Gasteiger partial charge in [-0.2, -0.15) is 0 Å². The zero-order valence-corrected chi connectivity index (χ0v) is 14.9. The van der Waals surface area contributed by atoms with E-state index in [1.165, 1.54) is 0 Å². The molecule has 0 spiro atoms. The second-order valence-electron chi connectivity index (χ2n) is 6.77. The Balaban J connectivity index is 1.58. The molecule has 1 fully saturated rings. The van der Waals surface area contributed by atoms with Crippen LogP contribution in [0.25, 0.3) is 0 Å². The molecule has 0 saturated heterocycles. The molecule has 136 valence electrons. The van der Waals surface area contributed by atoms with Gasteiger partial charge in [-0.25, -0.2) is 0 Å². The van der Waals surface area contributed by atoms with Crippen molar-refractivity contribution in [1.82, 2.24) is 0 Å². The van der Waals surface area contributed by atoms with Crippen molar-refractivity contribution in [1.29, 1.82) is 0 Å². The van der Waals surface area contributed by atoms with Crippen LogP contribution in [0.3, 0.4) is 0 Å². The second-order valence-corrected chi connectivity index (χ2v) is 6.77. The number of ether oxygens (including phenoxy) is 3. The maximum absolute atomic E-state index is 13.2. The summed E-state index contributed by atoms with van der Waals surface area (Å²) in [5, 5.41) is 3.09. The third-order valence-electron chi connectivity index (χ3n) is 5.24. The first kappa shape index (κ1) is 16.8. The lowest BCUT2D eigenvalue weighted by atomic mass is 9.77. The third-order valence-corrected chi connectivity index (χ3v) is 5.24. The Morgan fingerprint density at radius 2 is 1.81 bits per heavy atom. The van der Waals surface area contributed by atoms with Crippen molar-refractivity contribution in [2.24, 2.45) is 0 Å². The fourth-order valence-electron chi connectivity index (χ4n) is 3.87. The molecule has 0 bridgehead atoms. The molecule has 1 aliphatic carbocycles. The van der Waals surface area contributed by atoms with Gasteiger partial charge in [0.15, 0.2) is 11.5 Å². The van der Waals surface area contributed by atoms with Crippen LogP contribution in [0.4, 0.5) is 5.69 Å². The topological polar surface area (TPSA) is 56.8 Å². The molecule has 1 amide bonds. The number of amides is 1. The minimum atomic E-state index is -0.514. The molecule has 2 aromatic carbocycles. The Bertz CT molecular complexity index is 794. The minimum Gasteiger partial charge on any atom is -0.494 e. The van der Waals surface area contributed by atoms with Crippen LogP contribution in [0.15, 0.2) is 42.5 Å². The summed E-state index contributed by atoms with van der Waals surface area (Å²) < 4.78 is 16.4. The highest BCUT2D eigenvalue weighted by molar-refractivity contribution is 5.99. The normalized spacial score (nSPS) is 17.1. The number of rotatable bonds is 5. The predicted octanol–water partition coefficient (Wildman–Crippen LogP) is 4.26. The fraction of sp³-hybridized carbons (Fsp3) is 0.381. The summed E-state index contributed by atoms with van der Waals surface area (Å²) in [4.78, 5) is 13.2. The third kappa shape index (κ3) is 2.98. The van der Waals surface area contributed by atoms with Gasteiger partial charge in [0.2, 0.25) is 12.7 Å². The van der Waals surface area contributed by atoms with Crippen molar-refractivity contribution < 1.29 is 19.0 Å². The van der Waals surface area contributed by atoms with Crippen LogP contribution in [-0.2, 0) is 10.2 Å². The lowest BCUT2D eigenvalue weighted by molar-refractivity contribution is -0.121. The molecule has 2 aromatic rings. The average molecular weight is 353 g/mol. The molecule has 2 aliphatic rings. The monoisotopic (exact) mass is 353 g/mol. The summed E-state index contributed by atoms with van der Waals surface area (Å²) in [6, 6.07) is 13.4. The number of nitrogens with one attached hydrogen (secondary N) is 1. The molecule has 1 aliphatic heterocycles. The van der Waals surface area contributed by atoms with E-state index in [1.807, 2.05) is 49.4 Å². The van der Waals surface area contributed by atoms with E-state index >= 15 is 0 Å². The van der Waals surface area contributed by atoms with E-state index in [0.717, 1.165) is 54.2 Å². The highest BCUT2D eigenvalue weighted by Gasteiger charge is 2.43. The summed E-state index contributed by atoms with van der Waals surface area (Å²) in [7, 11) is 0. The van der Waals surface area contributed by atoms with Crippen molar-refractivity contribution in [3.63, 3.8) is 0 Å². The highest BCUT2D eigenvalue weighted by Crippen LogP contribution is 2.45. The van der Waals surface area contributed by atoms with Gasteiger partial charge in [0.1, 0.15) is 5.75 Å². The van der Waals surface area contributed by atoms with Gasteiger partial charge in [-0.1, -0.05) is 18.9 Å². The molecule has 1 saturated carbocycles. The predicted molar refractivity (Wildman–Crippen MR) is 99.0 cm³/mol. The summed E-state index contributed by atoms with van der Waals surface area (Å²) in [6.07, 6.45) is 3.78. The molecule has 1 heterocycles. The molecule has 4 rings (SSSR count). The molecular weight excluding hydrogens is 330 g/mol. The van der Waals surface area contributed by atoms with Gasteiger partial charge >= 0.3 is 0 Å². The lowest BCUT2D eigenvalue weighted by Gasteiger charge is -2.28. The van der Waals surface area contributed by atoms with Gasteiger partial charge in [-0.3, -0.25) is 4.79 Å². The van der Waals surface area contributed by atoms with E-state index in [1.54, 1.807) is 0 Å². The van der Waals surface area contributed by atoms with Crippen LogP contribution in [0.1, 0.15) is 38.2 Å². The van der Waals surface area contributed by atoms with E-state index < -0.39 is 5.41 Å². The van der Waals surface area contributed by atoms with Crippen molar-refractivity contribution in [2.45, 2.75) is 38.0 Å². The highest BCUT2D eigenvalue weighted by atomic mass is 16.7. The van der Waals surface area contributed by atoms with Crippen molar-refractivity contribution in [2.75, 3.05) is 18.7 Å². The average Bonchev–Trinajstić information content (AvgIpc) is 3.33. The molecule has 26 heavy (non-hydrogen) atoms. The minimum absolute atomic E-state index is 0.0398. The molecule has 0 radical (unpaired) electrons. The van der Waals surface area contributed by atoms with Crippen LogP contribution >= 0.6 is 0 Å². The number of benzene rings is 2. The number of carbonyl (C=O) groups excluding carboxylic acids is 1. The van der Waals surface area contributed by atoms with Crippen LogP contribution in [0.5, 0.6) is 17.2 Å². The van der Waals surface area contributed by atoms with Crippen molar-refractivity contribution in [3.8, 4) is 17.2 Å². The standard InChI is InChI=1S/C21H23NO4/c1-2-24-17-8-6-16(7-9-17)22-20(23)21(11-3-4-12-21)15-5-10-18-19(13-15)26-14-25-18/h5-10,13H,2-4,11-12,14H2,1H3,(H,22,23). The van der Waals surface area contributed by atoms with E-state index in [2.05, 4.69) is 5.32 Å². The van der Waals surface area contributed by atoms with Crippen LogP contribution in [0, 0.1) is 0 Å². The Morgan fingerprint density at radius 3 is 2.54 bits per heavy atom. The molecule has 1 N–H and O–H groups in total. The number of hydrogen-bond donors (Lipinski definition) is 1. The zero-order chi connectivity index (χ0) is 18.0. The quantitative estimate of drug-likeness (QED) is 0.872. The summed E-state index contributed by atoms with van der Waals surface area (Å²) in [6.45, 7) is 2.81. The number of carbonyl (C=O) groups is 1. The molecule has 5 nitrogen and oxygen atoms in total. The molecule has 0 unspecified atom stereocenters. The first-order valence-corrected chi connectivity index (χ1v) is 9.16. The first-order chi connectivity index (χ1) is 12.7. The SMILES string of the molecule is CCOc1ccc(NC(=O)C2(c3ccc4c(c3)OCO4)CCCC2)cc1. The van der Waals surface area contributed by atoms with Gasteiger partial charge in [0.25, 0.3) is 0 Å². The Kier molecular flexibility index (Phi) is 4.45. The van der Waals surface area contributed by atoms with Crippen LogP contribution < -0.4 is 19.5 Å². The fourth-order valence-corrected chi connectivity index (χ4v) is 3.87. The van der Waals surface area contributed by atoms with Crippen molar-refractivity contribution >= 4 is 11.6 Å².